The van der Waals surface area contributed by atoms with E-state index in [4.69, 9.17) is 0 Å². The quantitative estimate of drug-likeness (QED) is 0.523. The molecule has 0 saturated heterocycles. The summed E-state index contributed by atoms with van der Waals surface area (Å²) < 4.78 is 0. The molecule has 0 aliphatic heterocycles. The maximum absolute atomic E-state index is 0. The van der Waals surface area contributed by atoms with E-state index >= 15 is 0 Å². The summed E-state index contributed by atoms with van der Waals surface area (Å²) in [6.45, 7) is 0. The Balaban J connectivity index is 0. The molecule has 0 fully saturated rings. The van der Waals surface area contributed by atoms with E-state index < -0.39 is 0 Å². The second-order valence-electron chi connectivity index (χ2n) is 0. The Hall–Kier alpha value is 2.22. The van der Waals surface area contributed by atoms with Crippen molar-refractivity contribution in [3.8, 4) is 0 Å². The van der Waals surface area contributed by atoms with E-state index in [-0.39, 0.29) is 86.7 Å². The maximum atomic E-state index is 0. The fourth-order valence-corrected chi connectivity index (χ4v) is 0. The minimum absolute atomic E-state index is 0. The average Bonchev–Trinajstić information content (AvgIpc) is 0. The van der Waals surface area contributed by atoms with Crippen LogP contribution in [0, 0.1) is 0 Å². The molecule has 0 aliphatic rings. The molecule has 0 atom stereocenters. The Labute approximate surface area is 85.7 Å². The number of rotatable bonds is 0. The van der Waals surface area contributed by atoms with Crippen molar-refractivity contribution in [3.05, 3.63) is 0 Å². The van der Waals surface area contributed by atoms with Gasteiger partial charge in [-0.05, 0) is 0 Å². The third-order valence-corrected chi connectivity index (χ3v) is 0. The molecule has 0 aromatic rings. The van der Waals surface area contributed by atoms with E-state index in [1.54, 1.807) is 0 Å². The van der Waals surface area contributed by atoms with Crippen molar-refractivity contribution in [3.63, 3.8) is 0 Å². The van der Waals surface area contributed by atoms with E-state index in [2.05, 4.69) is 0 Å². The van der Waals surface area contributed by atoms with Gasteiger partial charge in [-0.3, -0.25) is 0 Å². The van der Waals surface area contributed by atoms with Gasteiger partial charge in [0, 0.05) is 0 Å². The second kappa shape index (κ2) is 56.7. The van der Waals surface area contributed by atoms with Crippen LogP contribution >= 0.6 is 0 Å². The second-order valence-corrected chi connectivity index (χ2v) is 0. The maximum Gasteiger partial charge on any atom is 5.00 e. The molecule has 0 spiro atoms. The summed E-state index contributed by atoms with van der Waals surface area (Å²) in [6, 6.07) is 0. The molecule has 6 heavy (non-hydrogen) atoms. The van der Waals surface area contributed by atoms with Gasteiger partial charge in [-0.15, -0.1) is 0 Å². The summed E-state index contributed by atoms with van der Waals surface area (Å²) in [5, 5.41) is 0. The van der Waals surface area contributed by atoms with Gasteiger partial charge < -0.3 is 16.4 Å². The van der Waals surface area contributed by atoms with Crippen LogP contribution < -0.4 is 0 Å². The average molecular weight is 368 g/mol. The Morgan fingerprint density at radius 3 is 0.667 bits per heavy atom. The molecule has 3 nitrogen and oxygen atoms in total. The van der Waals surface area contributed by atoms with Gasteiger partial charge in [-0.25, -0.2) is 0 Å². The zero-order chi connectivity index (χ0) is 0. The van der Waals surface area contributed by atoms with Gasteiger partial charge in [0.25, 0.3) is 0 Å². The van der Waals surface area contributed by atoms with Gasteiger partial charge in [0.2, 0.25) is 0 Å². The molecular weight excluding hydrogens is 368 g/mol. The summed E-state index contributed by atoms with van der Waals surface area (Å²) in [7, 11) is 0. The van der Waals surface area contributed by atoms with Gasteiger partial charge in [-0.2, -0.15) is 0 Å². The van der Waals surface area contributed by atoms with E-state index in [1.165, 1.54) is 0 Å². The monoisotopic (exact) mass is 367 g/mol. The zero-order valence-corrected chi connectivity index (χ0v) is 9.90. The van der Waals surface area contributed by atoms with Crippen LogP contribution in [0.5, 0.6) is 0 Å². The third-order valence-electron chi connectivity index (χ3n) is 0. The van der Waals surface area contributed by atoms with E-state index in [1.807, 2.05) is 0 Å². The van der Waals surface area contributed by atoms with Gasteiger partial charge in [-0.1, -0.05) is 0 Å². The Kier molecular flexibility index (Phi) is 823. The van der Waals surface area contributed by atoms with Gasteiger partial charge in [0.05, 0.1) is 0 Å². The smallest absolute Gasteiger partial charge is 2.00 e. The largest absolute Gasteiger partial charge is 5.00 e. The van der Waals surface area contributed by atoms with Gasteiger partial charge >= 0.3 is 70.3 Å². The summed E-state index contributed by atoms with van der Waals surface area (Å²) in [5.74, 6) is 0. The van der Waals surface area contributed by atoms with Gasteiger partial charge in [0.15, 0.2) is 0 Å². The van der Waals surface area contributed by atoms with Crippen molar-refractivity contribution >= 4 is 0 Å². The van der Waals surface area contributed by atoms with Crippen LogP contribution in [0.2, 0.25) is 0 Å². The van der Waals surface area contributed by atoms with Crippen LogP contribution in [0.25, 0.3) is 0 Å². The van der Waals surface area contributed by atoms with Crippen LogP contribution in [0.1, 0.15) is 0 Å². The Morgan fingerprint density at radius 2 is 0.667 bits per heavy atom. The van der Waals surface area contributed by atoms with Crippen molar-refractivity contribution in [2.75, 3.05) is 0 Å². The molecule has 0 unspecified atom stereocenters. The summed E-state index contributed by atoms with van der Waals surface area (Å²) >= 11 is 0. The van der Waals surface area contributed by atoms with Crippen LogP contribution in [-0.2, 0) is 86.7 Å². The predicted molar refractivity (Wildman–Crippen MR) is 2.06 cm³/mol. The summed E-state index contributed by atoms with van der Waals surface area (Å²) in [5.41, 5.74) is 0. The summed E-state index contributed by atoms with van der Waals surface area (Å²) in [6.07, 6.45) is 0. The van der Waals surface area contributed by atoms with Crippen LogP contribution in [0.4, 0.5) is 0 Å². The number of hydrogen-bond donors (Lipinski definition) is 0. The molecule has 0 N–H and O–H groups in total. The van der Waals surface area contributed by atoms with E-state index in [0.29, 0.717) is 0 Å². The molecule has 0 radical (unpaired) electrons. The molecule has 0 bridgehead atoms. The fourth-order valence-electron chi connectivity index (χ4n) is 0. The SMILES string of the molecule is [O-2].[O-2].[O-2].[Ta+5].[Ti+4].[Zr+4]. The molecule has 0 heterocycles. The molecule has 6 heteroatoms. The van der Waals surface area contributed by atoms with Gasteiger partial charge in [0.1, 0.15) is 0 Å². The molecule has 0 aromatic carbocycles. The van der Waals surface area contributed by atoms with E-state index in [9.17, 15) is 0 Å². The van der Waals surface area contributed by atoms with Crippen LogP contribution in [-0.4, -0.2) is 0 Å². The van der Waals surface area contributed by atoms with Crippen molar-refractivity contribution in [1.82, 2.24) is 0 Å². The first-order valence-corrected chi connectivity index (χ1v) is 0. The fraction of sp³-hybridized carbons (Fsp3) is 0. The standard InChI is InChI=1S/3O.Ta.Ti.Zr/q3*-2;+5;2*+4. The van der Waals surface area contributed by atoms with Crippen molar-refractivity contribution < 1.29 is 86.7 Å². The van der Waals surface area contributed by atoms with Crippen LogP contribution in [0.3, 0.4) is 0 Å². The molecule has 0 aromatic heterocycles. The molecule has 24 valence electrons. The molecule has 0 rings (SSSR count). The van der Waals surface area contributed by atoms with Crippen molar-refractivity contribution in [2.24, 2.45) is 0 Å². The zero-order valence-electron chi connectivity index (χ0n) is 2.67. The van der Waals surface area contributed by atoms with E-state index in [0.717, 1.165) is 0 Å². The Bertz CT molecular complexity index is 10.8. The normalized spacial score (nSPS) is 0. The minimum Gasteiger partial charge on any atom is -2.00 e. The first kappa shape index (κ1) is 87.0. The molecular formula is O3TaTiZr+7. The topological polar surface area (TPSA) is 85.5 Å². The van der Waals surface area contributed by atoms with Crippen LogP contribution in [0.15, 0.2) is 0 Å². The summed E-state index contributed by atoms with van der Waals surface area (Å²) in [4.78, 5) is 0. The molecule has 0 saturated carbocycles. The third kappa shape index (κ3) is 34.4. The molecule has 0 amide bonds. The van der Waals surface area contributed by atoms with Crippen molar-refractivity contribution in [1.29, 1.82) is 0 Å². The first-order valence-electron chi connectivity index (χ1n) is 0. The molecule has 0 aliphatic carbocycles. The Morgan fingerprint density at radius 1 is 0.667 bits per heavy atom. The first-order chi connectivity index (χ1) is 0. The number of hydrogen-bond acceptors (Lipinski definition) is 0. The minimum atomic E-state index is 0. The predicted octanol–water partition coefficient (Wildman–Crippen LogP) is -0.364. The van der Waals surface area contributed by atoms with Crippen molar-refractivity contribution in [2.45, 2.75) is 0 Å².